The third-order valence-electron chi connectivity index (χ3n) is 7.60. The van der Waals surface area contributed by atoms with Crippen LogP contribution in [-0.4, -0.2) is 111 Å². The summed E-state index contributed by atoms with van der Waals surface area (Å²) in [6.07, 6.45) is 4.14. The molecule has 0 aromatic heterocycles. The summed E-state index contributed by atoms with van der Waals surface area (Å²) in [5.74, 6) is 0.0514. The maximum absolute atomic E-state index is 12.5. The number of nitrogens with zero attached hydrogens (tertiary/aromatic N) is 4. The van der Waals surface area contributed by atoms with Gasteiger partial charge in [0.2, 0.25) is 0 Å². The zero-order valence-corrected chi connectivity index (χ0v) is 20.7. The van der Waals surface area contributed by atoms with Gasteiger partial charge in [-0.1, -0.05) is 24.3 Å². The Morgan fingerprint density at radius 1 is 0.882 bits per heavy atom. The second kappa shape index (κ2) is 11.1. The number of carbonyl (C=O) groups is 1. The third kappa shape index (κ3) is 6.15. The first kappa shape index (κ1) is 25.1. The molecule has 2 spiro atoms. The smallest absolute Gasteiger partial charge is 0.253 e. The van der Waals surface area contributed by atoms with Crippen LogP contribution in [0.15, 0.2) is 24.3 Å². The lowest BCUT2D eigenvalue weighted by molar-refractivity contribution is -0.127. The van der Waals surface area contributed by atoms with E-state index in [0.717, 1.165) is 78.4 Å². The quantitative estimate of drug-likeness (QED) is 0.637. The van der Waals surface area contributed by atoms with Gasteiger partial charge in [0.1, 0.15) is 0 Å². The molecule has 4 heterocycles. The molecule has 0 aliphatic carbocycles. The van der Waals surface area contributed by atoms with Gasteiger partial charge in [0.05, 0.1) is 31.0 Å². The van der Waals surface area contributed by atoms with Gasteiger partial charge in [-0.05, 0) is 52.9 Å². The first-order valence-electron chi connectivity index (χ1n) is 12.6. The summed E-state index contributed by atoms with van der Waals surface area (Å²) >= 11 is 0. The van der Waals surface area contributed by atoms with E-state index >= 15 is 0 Å². The van der Waals surface area contributed by atoms with Crippen molar-refractivity contribution in [2.24, 2.45) is 0 Å². The minimum absolute atomic E-state index is 0.0514. The number of likely N-dealkylation sites (N-methyl/N-ethyl adjacent to an activating group) is 2. The van der Waals surface area contributed by atoms with Crippen molar-refractivity contribution >= 4 is 11.6 Å². The van der Waals surface area contributed by atoms with Crippen molar-refractivity contribution in [3.8, 4) is 0 Å². The summed E-state index contributed by atoms with van der Waals surface area (Å²) in [7, 11) is 4.31. The Morgan fingerprint density at radius 3 is 1.91 bits per heavy atom. The number of amides is 1. The zero-order valence-electron chi connectivity index (χ0n) is 20.7. The standard InChI is InChI=1S/C17H21N3O2.C9H18N2O/c1-18-15-5-3-14(4-6-15)16(21)20-9-7-17(8-10-20)13-19(2)11-12-22-17;1-11-6-7-12-9(8-11)2-4-10-5-3-9/h3-6H,7-13H2,2H3;10H,2-8H2,1H3. The van der Waals surface area contributed by atoms with Gasteiger partial charge in [-0.25, -0.2) is 4.85 Å². The molecule has 1 aromatic carbocycles. The molecule has 0 radical (unpaired) electrons. The third-order valence-corrected chi connectivity index (χ3v) is 7.60. The molecule has 1 N–H and O–H groups in total. The number of carbonyl (C=O) groups excluding carboxylic acids is 1. The fraction of sp³-hybridized carbons (Fsp3) is 0.692. The van der Waals surface area contributed by atoms with Gasteiger partial charge >= 0.3 is 0 Å². The number of piperidine rings is 2. The number of ether oxygens (including phenoxy) is 2. The van der Waals surface area contributed by atoms with E-state index in [1.165, 1.54) is 12.8 Å². The lowest BCUT2D eigenvalue weighted by Gasteiger charge is -2.46. The molecule has 4 fully saturated rings. The highest BCUT2D eigenvalue weighted by molar-refractivity contribution is 5.94. The van der Waals surface area contributed by atoms with Crippen LogP contribution in [0.4, 0.5) is 5.69 Å². The molecular weight excluding hydrogens is 430 g/mol. The van der Waals surface area contributed by atoms with Gasteiger partial charge in [-0.2, -0.15) is 0 Å². The lowest BCUT2D eigenvalue weighted by atomic mass is 9.89. The number of hydrogen-bond acceptors (Lipinski definition) is 6. The van der Waals surface area contributed by atoms with Crippen molar-refractivity contribution in [3.63, 3.8) is 0 Å². The van der Waals surface area contributed by atoms with Crippen LogP contribution in [0.1, 0.15) is 36.0 Å². The highest BCUT2D eigenvalue weighted by Gasteiger charge is 2.40. The SMILES string of the molecule is CN1CCOC2(CCNCC2)C1.[C-]#[N+]c1ccc(C(=O)N2CCC3(CC2)CN(C)CCO3)cc1. The summed E-state index contributed by atoms with van der Waals surface area (Å²) in [5.41, 5.74) is 1.34. The van der Waals surface area contributed by atoms with Gasteiger partial charge in [0, 0.05) is 44.8 Å². The number of rotatable bonds is 1. The van der Waals surface area contributed by atoms with Gasteiger partial charge in [0.25, 0.3) is 5.91 Å². The molecule has 1 aromatic rings. The molecule has 4 aliphatic heterocycles. The van der Waals surface area contributed by atoms with E-state index in [2.05, 4.69) is 34.1 Å². The number of hydrogen-bond donors (Lipinski definition) is 1. The van der Waals surface area contributed by atoms with Crippen LogP contribution in [-0.2, 0) is 9.47 Å². The summed E-state index contributed by atoms with van der Waals surface area (Å²) < 4.78 is 11.9. The predicted octanol–water partition coefficient (Wildman–Crippen LogP) is 2.24. The average molecular weight is 470 g/mol. The summed E-state index contributed by atoms with van der Waals surface area (Å²) in [6.45, 7) is 16.5. The van der Waals surface area contributed by atoms with Crippen molar-refractivity contribution in [2.75, 3.05) is 79.7 Å². The molecule has 4 aliphatic rings. The summed E-state index contributed by atoms with van der Waals surface area (Å²) in [5, 5.41) is 3.37. The Hall–Kier alpha value is -2.02. The molecule has 5 rings (SSSR count). The maximum Gasteiger partial charge on any atom is 0.253 e. The molecule has 4 saturated heterocycles. The van der Waals surface area contributed by atoms with E-state index in [1.807, 2.05) is 4.90 Å². The topological polar surface area (TPSA) is 61.6 Å². The average Bonchev–Trinajstić information content (AvgIpc) is 2.85. The van der Waals surface area contributed by atoms with Gasteiger partial charge in [-0.15, -0.1) is 0 Å². The van der Waals surface area contributed by atoms with Crippen molar-refractivity contribution in [1.29, 1.82) is 0 Å². The van der Waals surface area contributed by atoms with Crippen LogP contribution in [0, 0.1) is 6.57 Å². The number of benzene rings is 1. The second-order valence-electron chi connectivity index (χ2n) is 10.2. The highest BCUT2D eigenvalue weighted by Crippen LogP contribution is 2.30. The Bertz CT molecular complexity index is 849. The first-order valence-corrected chi connectivity index (χ1v) is 12.6. The minimum Gasteiger partial charge on any atom is -0.372 e. The normalized spacial score (nSPS) is 24.8. The van der Waals surface area contributed by atoms with E-state index in [0.29, 0.717) is 11.3 Å². The minimum atomic E-state index is -0.0717. The Kier molecular flexibility index (Phi) is 8.22. The number of morpholine rings is 2. The highest BCUT2D eigenvalue weighted by atomic mass is 16.5. The van der Waals surface area contributed by atoms with Crippen LogP contribution in [0.2, 0.25) is 0 Å². The Labute approximate surface area is 204 Å². The maximum atomic E-state index is 12.5. The van der Waals surface area contributed by atoms with Gasteiger partial charge < -0.3 is 29.5 Å². The van der Waals surface area contributed by atoms with E-state index in [-0.39, 0.29) is 17.1 Å². The largest absolute Gasteiger partial charge is 0.372 e. The first-order chi connectivity index (χ1) is 16.4. The van der Waals surface area contributed by atoms with E-state index < -0.39 is 0 Å². The fourth-order valence-corrected chi connectivity index (χ4v) is 5.53. The lowest BCUT2D eigenvalue weighted by Crippen LogP contribution is -2.56. The van der Waals surface area contributed by atoms with Gasteiger partial charge in [0.15, 0.2) is 5.69 Å². The Morgan fingerprint density at radius 2 is 1.41 bits per heavy atom. The van der Waals surface area contributed by atoms with Crippen LogP contribution in [0.25, 0.3) is 4.85 Å². The van der Waals surface area contributed by atoms with Crippen LogP contribution in [0.5, 0.6) is 0 Å². The van der Waals surface area contributed by atoms with Crippen molar-refractivity contribution in [3.05, 3.63) is 41.2 Å². The zero-order chi connectivity index (χ0) is 24.0. The second-order valence-corrected chi connectivity index (χ2v) is 10.2. The van der Waals surface area contributed by atoms with Crippen molar-refractivity contribution < 1.29 is 14.3 Å². The molecular formula is C26H39N5O3. The number of likely N-dealkylation sites (tertiary alicyclic amines) is 1. The van der Waals surface area contributed by atoms with Crippen LogP contribution in [0.3, 0.4) is 0 Å². The molecule has 0 atom stereocenters. The van der Waals surface area contributed by atoms with Crippen LogP contribution >= 0.6 is 0 Å². The van der Waals surface area contributed by atoms with E-state index in [9.17, 15) is 4.79 Å². The molecule has 0 saturated carbocycles. The molecule has 1 amide bonds. The molecule has 34 heavy (non-hydrogen) atoms. The van der Waals surface area contributed by atoms with E-state index in [4.69, 9.17) is 16.0 Å². The summed E-state index contributed by atoms with van der Waals surface area (Å²) in [6, 6.07) is 6.88. The van der Waals surface area contributed by atoms with E-state index in [1.54, 1.807) is 24.3 Å². The molecule has 8 heteroatoms. The Balaban J connectivity index is 0.000000192. The molecule has 0 unspecified atom stereocenters. The molecule has 186 valence electrons. The van der Waals surface area contributed by atoms with Crippen molar-refractivity contribution in [2.45, 2.75) is 36.9 Å². The van der Waals surface area contributed by atoms with Crippen molar-refractivity contribution in [1.82, 2.24) is 20.0 Å². The van der Waals surface area contributed by atoms with Crippen LogP contribution < -0.4 is 5.32 Å². The number of nitrogens with one attached hydrogen (secondary N) is 1. The van der Waals surface area contributed by atoms with Gasteiger partial charge in [-0.3, -0.25) is 4.79 Å². The summed E-state index contributed by atoms with van der Waals surface area (Å²) in [4.78, 5) is 22.5. The molecule has 8 nitrogen and oxygen atoms in total. The molecule has 0 bridgehead atoms. The fourth-order valence-electron chi connectivity index (χ4n) is 5.53. The predicted molar refractivity (Wildman–Crippen MR) is 132 cm³/mol. The monoisotopic (exact) mass is 469 g/mol.